The summed E-state index contributed by atoms with van der Waals surface area (Å²) in [5.74, 6) is 1.30. The Labute approximate surface area is 113 Å². The molecule has 0 atom stereocenters. The van der Waals surface area contributed by atoms with Crippen molar-refractivity contribution in [3.05, 3.63) is 60.3 Å². The number of nitrogens with zero attached hydrogens (tertiary/aromatic N) is 2. The molecule has 0 aliphatic carbocycles. The Morgan fingerprint density at radius 2 is 2.05 bits per heavy atom. The van der Waals surface area contributed by atoms with E-state index in [0.29, 0.717) is 18.3 Å². The van der Waals surface area contributed by atoms with Crippen molar-refractivity contribution in [1.29, 1.82) is 0 Å². The molecule has 4 heteroatoms. The second-order valence-electron chi connectivity index (χ2n) is 4.92. The first-order valence-electron chi connectivity index (χ1n) is 6.35. The molecule has 0 saturated heterocycles. The van der Waals surface area contributed by atoms with Crippen LogP contribution >= 0.6 is 0 Å². The van der Waals surface area contributed by atoms with Crippen LogP contribution in [-0.2, 0) is 12.0 Å². The predicted molar refractivity (Wildman–Crippen MR) is 74.8 cm³/mol. The number of hydrogen-bond donors (Lipinski definition) is 1. The fourth-order valence-electron chi connectivity index (χ4n) is 1.85. The normalized spacial score (nSPS) is 11.5. The monoisotopic (exact) mass is 257 g/mol. The highest BCUT2D eigenvalue weighted by Crippen LogP contribution is 2.28. The highest BCUT2D eigenvalue weighted by molar-refractivity contribution is 5.30. The largest absolute Gasteiger partial charge is 0.338 e. The fraction of sp³-hybridized carbons (Fsp3) is 0.333. The van der Waals surface area contributed by atoms with Crippen LogP contribution in [-0.4, -0.2) is 16.7 Å². The van der Waals surface area contributed by atoms with E-state index in [-0.39, 0.29) is 5.41 Å². The van der Waals surface area contributed by atoms with Gasteiger partial charge in [0.1, 0.15) is 0 Å². The van der Waals surface area contributed by atoms with Crippen LogP contribution in [0.25, 0.3) is 0 Å². The van der Waals surface area contributed by atoms with Crippen molar-refractivity contribution in [2.75, 3.05) is 6.54 Å². The molecule has 0 radical (unpaired) electrons. The molecule has 0 aliphatic rings. The highest BCUT2D eigenvalue weighted by atomic mass is 16.5. The summed E-state index contributed by atoms with van der Waals surface area (Å²) < 4.78 is 5.26. The molecule has 1 aromatic heterocycles. The highest BCUT2D eigenvalue weighted by Gasteiger charge is 2.28. The van der Waals surface area contributed by atoms with Crippen LogP contribution in [0.3, 0.4) is 0 Å². The Balaban J connectivity index is 2.15. The quantitative estimate of drug-likeness (QED) is 0.638. The lowest BCUT2D eigenvalue weighted by Crippen LogP contribution is -2.21. The topological polar surface area (TPSA) is 51.0 Å². The molecule has 0 amide bonds. The van der Waals surface area contributed by atoms with Gasteiger partial charge in [-0.15, -0.1) is 6.58 Å². The molecule has 0 bridgehead atoms. The molecule has 100 valence electrons. The Bertz CT molecular complexity index is 531. The van der Waals surface area contributed by atoms with Gasteiger partial charge in [0, 0.05) is 6.54 Å². The van der Waals surface area contributed by atoms with Crippen molar-refractivity contribution in [2.24, 2.45) is 0 Å². The van der Waals surface area contributed by atoms with E-state index in [0.717, 1.165) is 6.54 Å². The Hall–Kier alpha value is -1.94. The number of benzene rings is 1. The van der Waals surface area contributed by atoms with E-state index in [4.69, 9.17) is 4.52 Å². The molecular weight excluding hydrogens is 238 g/mol. The molecule has 0 spiro atoms. The minimum absolute atomic E-state index is 0.262. The molecule has 1 heterocycles. The van der Waals surface area contributed by atoms with Gasteiger partial charge >= 0.3 is 0 Å². The number of aromatic nitrogens is 2. The third-order valence-corrected chi connectivity index (χ3v) is 3.09. The first kappa shape index (κ1) is 13.5. The maximum atomic E-state index is 5.26. The molecular formula is C15H19N3O. The molecule has 0 unspecified atom stereocenters. The Morgan fingerprint density at radius 3 is 2.74 bits per heavy atom. The van der Waals surface area contributed by atoms with E-state index in [1.54, 1.807) is 6.08 Å². The average Bonchev–Trinajstić information content (AvgIpc) is 2.90. The summed E-state index contributed by atoms with van der Waals surface area (Å²) in [7, 11) is 0. The lowest BCUT2D eigenvalue weighted by atomic mass is 9.84. The third kappa shape index (κ3) is 3.09. The van der Waals surface area contributed by atoms with Crippen LogP contribution in [0.4, 0.5) is 0 Å². The van der Waals surface area contributed by atoms with Gasteiger partial charge in [-0.25, -0.2) is 0 Å². The van der Waals surface area contributed by atoms with Gasteiger partial charge in [-0.2, -0.15) is 4.98 Å². The van der Waals surface area contributed by atoms with E-state index in [1.807, 2.05) is 18.2 Å². The summed E-state index contributed by atoms with van der Waals surface area (Å²) in [6.45, 7) is 9.11. The van der Waals surface area contributed by atoms with Crippen molar-refractivity contribution < 1.29 is 4.52 Å². The zero-order valence-corrected chi connectivity index (χ0v) is 11.4. The number of rotatable bonds is 6. The lowest BCUT2D eigenvalue weighted by Gasteiger charge is -2.20. The third-order valence-electron chi connectivity index (χ3n) is 3.09. The van der Waals surface area contributed by atoms with E-state index < -0.39 is 0 Å². The maximum Gasteiger partial charge on any atom is 0.240 e. The van der Waals surface area contributed by atoms with Crippen molar-refractivity contribution in [2.45, 2.75) is 25.8 Å². The van der Waals surface area contributed by atoms with Gasteiger partial charge in [0.25, 0.3) is 0 Å². The van der Waals surface area contributed by atoms with E-state index >= 15 is 0 Å². The zero-order valence-electron chi connectivity index (χ0n) is 11.4. The molecule has 0 saturated carbocycles. The van der Waals surface area contributed by atoms with Crippen LogP contribution < -0.4 is 5.32 Å². The fourth-order valence-corrected chi connectivity index (χ4v) is 1.85. The summed E-state index contributed by atoms with van der Waals surface area (Å²) in [6.07, 6.45) is 1.80. The Kier molecular flexibility index (Phi) is 4.12. The van der Waals surface area contributed by atoms with Gasteiger partial charge in [0.15, 0.2) is 5.82 Å². The maximum absolute atomic E-state index is 5.26. The lowest BCUT2D eigenvalue weighted by molar-refractivity contribution is 0.359. The van der Waals surface area contributed by atoms with Crippen LogP contribution in [0.1, 0.15) is 31.1 Å². The summed E-state index contributed by atoms with van der Waals surface area (Å²) >= 11 is 0. The first-order chi connectivity index (χ1) is 9.14. The standard InChI is InChI=1S/C15H19N3O/c1-4-10-16-11-13-17-14(18-19-13)15(2,3)12-8-6-5-7-9-12/h4-9,16H,1,10-11H2,2-3H3. The van der Waals surface area contributed by atoms with Crippen molar-refractivity contribution in [3.63, 3.8) is 0 Å². The Morgan fingerprint density at radius 1 is 1.32 bits per heavy atom. The summed E-state index contributed by atoms with van der Waals surface area (Å²) in [5.41, 5.74) is 0.906. The zero-order chi connectivity index (χ0) is 13.7. The number of hydrogen-bond acceptors (Lipinski definition) is 4. The summed E-state index contributed by atoms with van der Waals surface area (Å²) in [6, 6.07) is 10.2. The van der Waals surface area contributed by atoms with Gasteiger partial charge in [0.2, 0.25) is 5.89 Å². The summed E-state index contributed by atoms with van der Waals surface area (Å²) in [4.78, 5) is 4.46. The second kappa shape index (κ2) is 5.80. The van der Waals surface area contributed by atoms with Gasteiger partial charge in [-0.05, 0) is 19.4 Å². The van der Waals surface area contributed by atoms with Crippen molar-refractivity contribution in [1.82, 2.24) is 15.5 Å². The second-order valence-corrected chi connectivity index (χ2v) is 4.92. The molecule has 19 heavy (non-hydrogen) atoms. The predicted octanol–water partition coefficient (Wildman–Crippen LogP) is 2.67. The SMILES string of the molecule is C=CCNCc1nc(C(C)(C)c2ccccc2)no1. The average molecular weight is 257 g/mol. The van der Waals surface area contributed by atoms with E-state index in [2.05, 4.69) is 48.0 Å². The molecule has 0 aliphatic heterocycles. The molecule has 1 aromatic carbocycles. The first-order valence-corrected chi connectivity index (χ1v) is 6.35. The van der Waals surface area contributed by atoms with Crippen LogP contribution in [0.2, 0.25) is 0 Å². The molecule has 1 N–H and O–H groups in total. The van der Waals surface area contributed by atoms with Crippen molar-refractivity contribution in [3.8, 4) is 0 Å². The molecule has 2 rings (SSSR count). The van der Waals surface area contributed by atoms with Gasteiger partial charge < -0.3 is 9.84 Å². The van der Waals surface area contributed by atoms with Crippen molar-refractivity contribution >= 4 is 0 Å². The van der Waals surface area contributed by atoms with Crippen LogP contribution in [0, 0.1) is 0 Å². The minimum Gasteiger partial charge on any atom is -0.338 e. The van der Waals surface area contributed by atoms with E-state index in [9.17, 15) is 0 Å². The van der Waals surface area contributed by atoms with Gasteiger partial charge in [-0.1, -0.05) is 41.6 Å². The smallest absolute Gasteiger partial charge is 0.240 e. The van der Waals surface area contributed by atoms with Gasteiger partial charge in [-0.3, -0.25) is 0 Å². The molecule has 4 nitrogen and oxygen atoms in total. The van der Waals surface area contributed by atoms with Gasteiger partial charge in [0.05, 0.1) is 12.0 Å². The van der Waals surface area contributed by atoms with E-state index in [1.165, 1.54) is 5.56 Å². The molecule has 0 fully saturated rings. The van der Waals surface area contributed by atoms with Crippen LogP contribution in [0.5, 0.6) is 0 Å². The molecule has 2 aromatic rings. The van der Waals surface area contributed by atoms with Crippen LogP contribution in [0.15, 0.2) is 47.5 Å². The summed E-state index contributed by atoms with van der Waals surface area (Å²) in [5, 5.41) is 7.23. The minimum atomic E-state index is -0.262. The number of nitrogens with one attached hydrogen (secondary N) is 1.